The molecule has 0 saturated heterocycles. The Hall–Kier alpha value is -2.01. The Labute approximate surface area is 133 Å². The molecule has 22 heavy (non-hydrogen) atoms. The smallest absolute Gasteiger partial charge is 0.303 e. The van der Waals surface area contributed by atoms with Gasteiger partial charge in [0.05, 0.1) is 0 Å². The SMILES string of the molecule is Cc1c(C(=O)NCCCCCC(=O)O)oc2ccc(Cl)cc12. The highest BCUT2D eigenvalue weighted by atomic mass is 35.5. The Morgan fingerprint density at radius 3 is 2.77 bits per heavy atom. The van der Waals surface area contributed by atoms with E-state index in [2.05, 4.69) is 5.32 Å². The molecular weight excluding hydrogens is 306 g/mol. The maximum absolute atomic E-state index is 12.1. The molecule has 1 aromatic carbocycles. The van der Waals surface area contributed by atoms with Gasteiger partial charge in [-0.15, -0.1) is 0 Å². The average Bonchev–Trinajstić information content (AvgIpc) is 2.79. The number of furan rings is 1. The van der Waals surface area contributed by atoms with Crippen LogP contribution in [-0.2, 0) is 4.79 Å². The lowest BCUT2D eigenvalue weighted by Gasteiger charge is -2.03. The van der Waals surface area contributed by atoms with E-state index in [1.54, 1.807) is 18.2 Å². The zero-order valence-electron chi connectivity index (χ0n) is 12.3. The summed E-state index contributed by atoms with van der Waals surface area (Å²) in [6.45, 7) is 2.32. The van der Waals surface area contributed by atoms with E-state index in [-0.39, 0.29) is 12.3 Å². The van der Waals surface area contributed by atoms with Gasteiger partial charge >= 0.3 is 5.97 Å². The molecule has 1 heterocycles. The van der Waals surface area contributed by atoms with E-state index in [0.717, 1.165) is 23.8 Å². The van der Waals surface area contributed by atoms with Gasteiger partial charge in [-0.3, -0.25) is 9.59 Å². The molecule has 2 rings (SSSR count). The minimum absolute atomic E-state index is 0.164. The third kappa shape index (κ3) is 4.01. The summed E-state index contributed by atoms with van der Waals surface area (Å²) in [7, 11) is 0. The van der Waals surface area contributed by atoms with Crippen LogP contribution in [0.1, 0.15) is 41.8 Å². The van der Waals surface area contributed by atoms with Crippen LogP contribution in [0.15, 0.2) is 22.6 Å². The molecule has 0 fully saturated rings. The first kappa shape index (κ1) is 16.4. The fraction of sp³-hybridized carbons (Fsp3) is 0.375. The van der Waals surface area contributed by atoms with Gasteiger partial charge in [0.2, 0.25) is 0 Å². The number of rotatable bonds is 7. The molecule has 6 heteroatoms. The molecule has 0 saturated carbocycles. The number of aryl methyl sites for hydroxylation is 1. The van der Waals surface area contributed by atoms with Crippen molar-refractivity contribution < 1.29 is 19.1 Å². The molecular formula is C16H18ClNO4. The highest BCUT2D eigenvalue weighted by molar-refractivity contribution is 6.31. The van der Waals surface area contributed by atoms with E-state index in [4.69, 9.17) is 21.1 Å². The van der Waals surface area contributed by atoms with Crippen molar-refractivity contribution >= 4 is 34.4 Å². The third-order valence-electron chi connectivity index (χ3n) is 3.46. The predicted octanol–water partition coefficient (Wildman–Crippen LogP) is 3.77. The zero-order chi connectivity index (χ0) is 16.1. The summed E-state index contributed by atoms with van der Waals surface area (Å²) < 4.78 is 5.58. The number of carboxylic acids is 1. The first-order chi connectivity index (χ1) is 10.5. The van der Waals surface area contributed by atoms with Gasteiger partial charge in [0.25, 0.3) is 5.91 Å². The highest BCUT2D eigenvalue weighted by Crippen LogP contribution is 2.27. The Morgan fingerprint density at radius 1 is 1.27 bits per heavy atom. The van der Waals surface area contributed by atoms with Gasteiger partial charge < -0.3 is 14.8 Å². The number of carbonyl (C=O) groups is 2. The number of halogens is 1. The minimum atomic E-state index is -0.791. The van der Waals surface area contributed by atoms with Crippen molar-refractivity contribution in [1.82, 2.24) is 5.32 Å². The van der Waals surface area contributed by atoms with Crippen LogP contribution < -0.4 is 5.32 Å². The highest BCUT2D eigenvalue weighted by Gasteiger charge is 2.17. The molecule has 0 unspecified atom stereocenters. The maximum atomic E-state index is 12.1. The number of unbranched alkanes of at least 4 members (excludes halogenated alkanes) is 2. The van der Waals surface area contributed by atoms with Crippen molar-refractivity contribution in [1.29, 1.82) is 0 Å². The molecule has 118 valence electrons. The quantitative estimate of drug-likeness (QED) is 0.760. The Kier molecular flexibility index (Phi) is 5.44. The number of hydrogen-bond acceptors (Lipinski definition) is 3. The molecule has 0 aliphatic carbocycles. The van der Waals surface area contributed by atoms with Crippen molar-refractivity contribution in [3.8, 4) is 0 Å². The van der Waals surface area contributed by atoms with Gasteiger partial charge in [-0.2, -0.15) is 0 Å². The topological polar surface area (TPSA) is 79.5 Å². The van der Waals surface area contributed by atoms with Crippen LogP contribution in [0, 0.1) is 6.92 Å². The number of nitrogens with one attached hydrogen (secondary N) is 1. The fourth-order valence-electron chi connectivity index (χ4n) is 2.27. The number of carbonyl (C=O) groups excluding carboxylic acids is 1. The largest absolute Gasteiger partial charge is 0.481 e. The van der Waals surface area contributed by atoms with Crippen LogP contribution in [0.4, 0.5) is 0 Å². The second-order valence-corrected chi connectivity index (χ2v) is 5.59. The molecule has 1 amide bonds. The molecule has 0 spiro atoms. The van der Waals surface area contributed by atoms with Crippen LogP contribution >= 0.6 is 11.6 Å². The molecule has 2 aromatic rings. The van der Waals surface area contributed by atoms with E-state index in [9.17, 15) is 9.59 Å². The van der Waals surface area contributed by atoms with E-state index in [1.165, 1.54) is 0 Å². The lowest BCUT2D eigenvalue weighted by molar-refractivity contribution is -0.137. The summed E-state index contributed by atoms with van der Waals surface area (Å²) in [4.78, 5) is 22.5. The first-order valence-corrected chi connectivity index (χ1v) is 7.55. The predicted molar refractivity (Wildman–Crippen MR) is 84.4 cm³/mol. The van der Waals surface area contributed by atoms with Gasteiger partial charge in [-0.1, -0.05) is 18.0 Å². The number of hydrogen-bond donors (Lipinski definition) is 2. The Morgan fingerprint density at radius 2 is 2.05 bits per heavy atom. The summed E-state index contributed by atoms with van der Waals surface area (Å²) >= 11 is 5.95. The molecule has 0 atom stereocenters. The minimum Gasteiger partial charge on any atom is -0.481 e. The van der Waals surface area contributed by atoms with Gasteiger partial charge in [0, 0.05) is 28.9 Å². The number of benzene rings is 1. The van der Waals surface area contributed by atoms with Gasteiger partial charge in [-0.25, -0.2) is 0 Å². The van der Waals surface area contributed by atoms with Crippen LogP contribution in [-0.4, -0.2) is 23.5 Å². The third-order valence-corrected chi connectivity index (χ3v) is 3.69. The van der Waals surface area contributed by atoms with Crippen molar-refractivity contribution in [2.24, 2.45) is 0 Å². The van der Waals surface area contributed by atoms with Crippen LogP contribution in [0.2, 0.25) is 5.02 Å². The van der Waals surface area contributed by atoms with Crippen LogP contribution in [0.5, 0.6) is 0 Å². The molecule has 0 aliphatic rings. The van der Waals surface area contributed by atoms with Crippen molar-refractivity contribution in [3.63, 3.8) is 0 Å². The number of carboxylic acid groups (broad SMARTS) is 1. The first-order valence-electron chi connectivity index (χ1n) is 7.17. The summed E-state index contributed by atoms with van der Waals surface area (Å²) in [5, 5.41) is 12.8. The van der Waals surface area contributed by atoms with Crippen molar-refractivity contribution in [2.45, 2.75) is 32.6 Å². The lowest BCUT2D eigenvalue weighted by Crippen LogP contribution is -2.24. The van der Waals surface area contributed by atoms with Crippen molar-refractivity contribution in [3.05, 3.63) is 34.5 Å². The maximum Gasteiger partial charge on any atom is 0.303 e. The van der Waals surface area contributed by atoms with E-state index in [1.807, 2.05) is 6.92 Å². The van der Waals surface area contributed by atoms with E-state index >= 15 is 0 Å². The second kappa shape index (κ2) is 7.31. The summed E-state index contributed by atoms with van der Waals surface area (Å²) in [6, 6.07) is 5.24. The zero-order valence-corrected chi connectivity index (χ0v) is 13.1. The monoisotopic (exact) mass is 323 g/mol. The Balaban J connectivity index is 1.90. The van der Waals surface area contributed by atoms with E-state index < -0.39 is 5.97 Å². The standard InChI is InChI=1S/C16H18ClNO4/c1-10-12-9-11(17)6-7-13(12)22-15(10)16(21)18-8-4-2-3-5-14(19)20/h6-7,9H,2-5,8H2,1H3,(H,18,21)(H,19,20). The Bertz CT molecular complexity index is 693. The average molecular weight is 324 g/mol. The summed E-state index contributed by atoms with van der Waals surface area (Å²) in [5.41, 5.74) is 1.40. The second-order valence-electron chi connectivity index (χ2n) is 5.16. The molecule has 1 aromatic heterocycles. The number of fused-ring (bicyclic) bond motifs is 1. The molecule has 5 nitrogen and oxygen atoms in total. The molecule has 0 aliphatic heterocycles. The lowest BCUT2D eigenvalue weighted by atomic mass is 10.1. The van der Waals surface area contributed by atoms with Crippen LogP contribution in [0.25, 0.3) is 11.0 Å². The van der Waals surface area contributed by atoms with Gasteiger partial charge in [0.15, 0.2) is 5.76 Å². The summed E-state index contributed by atoms with van der Waals surface area (Å²) in [5.74, 6) is -0.758. The fourth-order valence-corrected chi connectivity index (χ4v) is 2.44. The molecule has 0 radical (unpaired) electrons. The number of aliphatic carboxylic acids is 1. The van der Waals surface area contributed by atoms with E-state index in [0.29, 0.717) is 29.3 Å². The van der Waals surface area contributed by atoms with Crippen LogP contribution in [0.3, 0.4) is 0 Å². The van der Waals surface area contributed by atoms with Gasteiger partial charge in [-0.05, 0) is 38.0 Å². The normalized spacial score (nSPS) is 10.8. The number of amides is 1. The van der Waals surface area contributed by atoms with Gasteiger partial charge in [0.1, 0.15) is 5.58 Å². The van der Waals surface area contributed by atoms with Crippen molar-refractivity contribution in [2.75, 3.05) is 6.54 Å². The molecule has 0 bridgehead atoms. The summed E-state index contributed by atoms with van der Waals surface area (Å²) in [6.07, 6.45) is 2.29. The molecule has 2 N–H and O–H groups in total.